The van der Waals surface area contributed by atoms with Crippen LogP contribution in [-0.2, 0) is 14.8 Å². The number of carbonyl (C=O) groups is 2. The van der Waals surface area contributed by atoms with Crippen molar-refractivity contribution in [2.45, 2.75) is 57.4 Å². The van der Waals surface area contributed by atoms with Gasteiger partial charge in [-0.3, -0.25) is 9.59 Å². The molecule has 0 aromatic heterocycles. The number of carbonyl (C=O) groups excluding carboxylic acids is 2. The van der Waals surface area contributed by atoms with Gasteiger partial charge in [0.15, 0.2) is 0 Å². The standard InChI is InChI=1S/C20H31N3O4S/c1-4-5-12-21-19(24)17-7-6-13-23(14-17)20(25)16-8-10-18(11-9-16)28(26,27)22-15(2)3/h8-11,15,17,22H,4-7,12-14H2,1-3H3,(H,21,24). The first kappa shape index (κ1) is 22.4. The van der Waals surface area contributed by atoms with E-state index < -0.39 is 10.0 Å². The highest BCUT2D eigenvalue weighted by Crippen LogP contribution is 2.20. The number of rotatable bonds is 8. The van der Waals surface area contributed by atoms with Gasteiger partial charge in [0.2, 0.25) is 15.9 Å². The molecule has 2 rings (SSSR count). The molecule has 7 nitrogen and oxygen atoms in total. The van der Waals surface area contributed by atoms with Gasteiger partial charge in [-0.1, -0.05) is 13.3 Å². The molecule has 1 fully saturated rings. The number of amides is 2. The topological polar surface area (TPSA) is 95.6 Å². The summed E-state index contributed by atoms with van der Waals surface area (Å²) in [6.45, 7) is 7.24. The lowest BCUT2D eigenvalue weighted by Crippen LogP contribution is -2.45. The van der Waals surface area contributed by atoms with Gasteiger partial charge in [-0.05, 0) is 57.4 Å². The fraction of sp³-hybridized carbons (Fsp3) is 0.600. The Morgan fingerprint density at radius 1 is 1.21 bits per heavy atom. The van der Waals surface area contributed by atoms with Gasteiger partial charge in [0, 0.05) is 31.2 Å². The number of hydrogen-bond acceptors (Lipinski definition) is 4. The number of nitrogens with one attached hydrogen (secondary N) is 2. The zero-order chi connectivity index (χ0) is 20.7. The zero-order valence-corrected chi connectivity index (χ0v) is 17.7. The molecule has 0 aliphatic carbocycles. The van der Waals surface area contributed by atoms with Gasteiger partial charge in [-0.15, -0.1) is 0 Å². The Morgan fingerprint density at radius 3 is 2.50 bits per heavy atom. The van der Waals surface area contributed by atoms with Crippen LogP contribution in [0, 0.1) is 5.92 Å². The van der Waals surface area contributed by atoms with E-state index in [2.05, 4.69) is 17.0 Å². The lowest BCUT2D eigenvalue weighted by molar-refractivity contribution is -0.126. The molecule has 1 unspecified atom stereocenters. The summed E-state index contributed by atoms with van der Waals surface area (Å²) in [5.41, 5.74) is 0.426. The molecule has 0 saturated carbocycles. The van der Waals surface area contributed by atoms with Crippen LogP contribution in [0.3, 0.4) is 0 Å². The van der Waals surface area contributed by atoms with Crippen LogP contribution < -0.4 is 10.0 Å². The molecule has 0 bridgehead atoms. The summed E-state index contributed by atoms with van der Waals surface area (Å²) in [4.78, 5) is 26.9. The molecule has 1 aromatic rings. The third-order valence-electron chi connectivity index (χ3n) is 4.71. The summed E-state index contributed by atoms with van der Waals surface area (Å²) < 4.78 is 26.9. The molecule has 1 aliphatic heterocycles. The summed E-state index contributed by atoms with van der Waals surface area (Å²) in [5.74, 6) is -0.358. The number of sulfonamides is 1. The number of hydrogen-bond donors (Lipinski definition) is 2. The van der Waals surface area contributed by atoms with Crippen molar-refractivity contribution < 1.29 is 18.0 Å². The van der Waals surface area contributed by atoms with E-state index in [-0.39, 0.29) is 28.7 Å². The van der Waals surface area contributed by atoms with E-state index in [9.17, 15) is 18.0 Å². The highest BCUT2D eigenvalue weighted by atomic mass is 32.2. The number of unbranched alkanes of at least 4 members (excludes halogenated alkanes) is 1. The van der Waals surface area contributed by atoms with Gasteiger partial charge >= 0.3 is 0 Å². The Bertz CT molecular complexity index is 775. The maximum absolute atomic E-state index is 12.8. The summed E-state index contributed by atoms with van der Waals surface area (Å²) in [5, 5.41) is 2.94. The normalized spacial score (nSPS) is 17.6. The van der Waals surface area contributed by atoms with Gasteiger partial charge in [-0.2, -0.15) is 0 Å². The summed E-state index contributed by atoms with van der Waals surface area (Å²) in [6.07, 6.45) is 3.53. The molecule has 156 valence electrons. The smallest absolute Gasteiger partial charge is 0.253 e. The minimum absolute atomic E-state index is 0.00662. The second-order valence-corrected chi connectivity index (χ2v) is 9.25. The molecule has 0 spiro atoms. The van der Waals surface area contributed by atoms with Crippen LogP contribution in [0.15, 0.2) is 29.2 Å². The molecule has 1 aromatic carbocycles. The van der Waals surface area contributed by atoms with Crippen molar-refractivity contribution >= 4 is 21.8 Å². The van der Waals surface area contributed by atoms with E-state index in [1.165, 1.54) is 24.3 Å². The molecule has 0 radical (unpaired) electrons. The van der Waals surface area contributed by atoms with Crippen LogP contribution >= 0.6 is 0 Å². The quantitative estimate of drug-likeness (QED) is 0.643. The van der Waals surface area contributed by atoms with Crippen molar-refractivity contribution in [1.29, 1.82) is 0 Å². The van der Waals surface area contributed by atoms with Gasteiger partial charge in [0.05, 0.1) is 10.8 Å². The van der Waals surface area contributed by atoms with Crippen LogP contribution in [0.25, 0.3) is 0 Å². The van der Waals surface area contributed by atoms with E-state index >= 15 is 0 Å². The second-order valence-electron chi connectivity index (χ2n) is 7.54. The van der Waals surface area contributed by atoms with E-state index in [4.69, 9.17) is 0 Å². The number of nitrogens with zero attached hydrogens (tertiary/aromatic N) is 1. The monoisotopic (exact) mass is 409 g/mol. The molecule has 1 saturated heterocycles. The molecular weight excluding hydrogens is 378 g/mol. The maximum atomic E-state index is 12.8. The van der Waals surface area contributed by atoms with E-state index in [1.54, 1.807) is 18.7 Å². The molecule has 1 aliphatic rings. The third kappa shape index (κ3) is 6.04. The Morgan fingerprint density at radius 2 is 1.89 bits per heavy atom. The first-order chi connectivity index (χ1) is 13.2. The molecule has 1 atom stereocenters. The third-order valence-corrected chi connectivity index (χ3v) is 6.39. The van der Waals surface area contributed by atoms with Crippen molar-refractivity contribution in [1.82, 2.24) is 14.9 Å². The number of piperidine rings is 1. The zero-order valence-electron chi connectivity index (χ0n) is 16.9. The van der Waals surface area contributed by atoms with Gasteiger partial charge < -0.3 is 10.2 Å². The number of benzene rings is 1. The minimum Gasteiger partial charge on any atom is -0.356 e. The molecule has 28 heavy (non-hydrogen) atoms. The largest absolute Gasteiger partial charge is 0.356 e. The number of likely N-dealkylation sites (tertiary alicyclic amines) is 1. The molecule has 1 heterocycles. The minimum atomic E-state index is -3.59. The van der Waals surface area contributed by atoms with Gasteiger partial charge in [0.25, 0.3) is 5.91 Å². The second kappa shape index (κ2) is 10.0. The van der Waals surface area contributed by atoms with Crippen molar-refractivity contribution in [3.63, 3.8) is 0 Å². The Labute approximate surface area is 167 Å². The first-order valence-corrected chi connectivity index (χ1v) is 11.4. The van der Waals surface area contributed by atoms with E-state index in [1.807, 2.05) is 0 Å². The van der Waals surface area contributed by atoms with Crippen LogP contribution in [0.2, 0.25) is 0 Å². The average Bonchev–Trinajstić information content (AvgIpc) is 2.67. The Kier molecular flexibility index (Phi) is 8.00. The lowest BCUT2D eigenvalue weighted by Gasteiger charge is -2.32. The molecule has 8 heteroatoms. The summed E-state index contributed by atoms with van der Waals surface area (Å²) >= 11 is 0. The van der Waals surface area contributed by atoms with Crippen LogP contribution in [0.4, 0.5) is 0 Å². The van der Waals surface area contributed by atoms with Crippen LogP contribution in [0.1, 0.15) is 56.8 Å². The van der Waals surface area contributed by atoms with Crippen molar-refractivity contribution in [3.05, 3.63) is 29.8 Å². The highest BCUT2D eigenvalue weighted by Gasteiger charge is 2.29. The predicted molar refractivity (Wildman–Crippen MR) is 108 cm³/mol. The van der Waals surface area contributed by atoms with Crippen molar-refractivity contribution in [3.8, 4) is 0 Å². The molecule has 2 N–H and O–H groups in total. The van der Waals surface area contributed by atoms with Gasteiger partial charge in [-0.25, -0.2) is 13.1 Å². The molecule has 2 amide bonds. The predicted octanol–water partition coefficient (Wildman–Crippen LogP) is 2.14. The molecular formula is C20H31N3O4S. The van der Waals surface area contributed by atoms with Crippen LogP contribution in [0.5, 0.6) is 0 Å². The van der Waals surface area contributed by atoms with Crippen molar-refractivity contribution in [2.24, 2.45) is 5.92 Å². The Balaban J connectivity index is 2.02. The fourth-order valence-electron chi connectivity index (χ4n) is 3.25. The summed E-state index contributed by atoms with van der Waals surface area (Å²) in [6, 6.07) is 5.73. The first-order valence-electron chi connectivity index (χ1n) is 9.94. The SMILES string of the molecule is CCCCNC(=O)C1CCCN(C(=O)c2ccc(S(=O)(=O)NC(C)C)cc2)C1. The fourth-order valence-corrected chi connectivity index (χ4v) is 4.50. The average molecular weight is 410 g/mol. The lowest BCUT2D eigenvalue weighted by atomic mass is 9.96. The summed E-state index contributed by atoms with van der Waals surface area (Å²) in [7, 11) is -3.59. The van der Waals surface area contributed by atoms with Gasteiger partial charge in [0.1, 0.15) is 0 Å². The van der Waals surface area contributed by atoms with Crippen molar-refractivity contribution in [2.75, 3.05) is 19.6 Å². The van der Waals surface area contributed by atoms with Crippen LogP contribution in [-0.4, -0.2) is 50.8 Å². The Hall–Kier alpha value is -1.93. The van der Waals surface area contributed by atoms with E-state index in [0.717, 1.165) is 25.7 Å². The maximum Gasteiger partial charge on any atom is 0.253 e. The highest BCUT2D eigenvalue weighted by molar-refractivity contribution is 7.89. The van der Waals surface area contributed by atoms with E-state index in [0.29, 0.717) is 25.2 Å².